The molecule has 2 unspecified atom stereocenters. The molecule has 0 aromatic carbocycles. The minimum Gasteiger partial charge on any atom is -0.460 e. The molecule has 1 N–H and O–H groups in total. The standard InChI is InChI=1S/C9H16O6P/c1-4-8(10)15-16(12)14-6-5-13-9(11)7(2)3/h8,10H,2,4-6H2,1,3H3/q+1. The van der Waals surface area contributed by atoms with Gasteiger partial charge in [-0.3, -0.25) is 0 Å². The summed E-state index contributed by atoms with van der Waals surface area (Å²) in [5.41, 5.74) is 0.280. The van der Waals surface area contributed by atoms with Crippen LogP contribution in [0.15, 0.2) is 12.2 Å². The van der Waals surface area contributed by atoms with Gasteiger partial charge in [0, 0.05) is 16.6 Å². The third kappa shape index (κ3) is 7.48. The Balaban J connectivity index is 3.55. The van der Waals surface area contributed by atoms with Gasteiger partial charge in [-0.15, -0.1) is 4.52 Å². The van der Waals surface area contributed by atoms with Crippen molar-refractivity contribution in [3.8, 4) is 0 Å². The SMILES string of the molecule is C=C(C)C(=O)OCCO[P+](=O)OC(O)CC. The van der Waals surface area contributed by atoms with Crippen molar-refractivity contribution in [3.63, 3.8) is 0 Å². The number of rotatable bonds is 8. The van der Waals surface area contributed by atoms with E-state index in [4.69, 9.17) is 5.11 Å². The van der Waals surface area contributed by atoms with Crippen LogP contribution < -0.4 is 0 Å². The maximum atomic E-state index is 11.0. The minimum atomic E-state index is -2.39. The fourth-order valence-electron chi connectivity index (χ4n) is 0.574. The molecule has 0 aliphatic heterocycles. The van der Waals surface area contributed by atoms with Gasteiger partial charge in [-0.05, 0) is 6.92 Å². The van der Waals surface area contributed by atoms with Gasteiger partial charge in [-0.25, -0.2) is 4.79 Å². The summed E-state index contributed by atoms with van der Waals surface area (Å²) in [6, 6.07) is 0. The number of carbonyl (C=O) groups excluding carboxylic acids is 1. The predicted octanol–water partition coefficient (Wildman–Crippen LogP) is 1.52. The van der Waals surface area contributed by atoms with Crippen LogP contribution >= 0.6 is 8.25 Å². The Morgan fingerprint density at radius 3 is 2.62 bits per heavy atom. The molecule has 7 heteroatoms. The lowest BCUT2D eigenvalue weighted by atomic mass is 10.4. The first-order valence-corrected chi connectivity index (χ1v) is 5.84. The summed E-state index contributed by atoms with van der Waals surface area (Å²) in [7, 11) is -2.39. The molecule has 0 aromatic heterocycles. The van der Waals surface area contributed by atoms with E-state index in [1.807, 2.05) is 0 Å². The van der Waals surface area contributed by atoms with Crippen molar-refractivity contribution in [1.29, 1.82) is 0 Å². The zero-order valence-electron chi connectivity index (χ0n) is 9.34. The number of hydrogen-bond acceptors (Lipinski definition) is 6. The summed E-state index contributed by atoms with van der Waals surface area (Å²) in [4.78, 5) is 10.9. The van der Waals surface area contributed by atoms with E-state index in [1.165, 1.54) is 6.92 Å². The van der Waals surface area contributed by atoms with Crippen LogP contribution in [0.25, 0.3) is 0 Å². The Bertz CT molecular complexity index is 265. The number of esters is 1. The molecule has 16 heavy (non-hydrogen) atoms. The van der Waals surface area contributed by atoms with Gasteiger partial charge < -0.3 is 9.84 Å². The van der Waals surface area contributed by atoms with E-state index < -0.39 is 20.5 Å². The third-order valence-corrected chi connectivity index (χ3v) is 2.23. The summed E-state index contributed by atoms with van der Waals surface area (Å²) in [6.45, 7) is 6.47. The molecule has 0 heterocycles. The van der Waals surface area contributed by atoms with Crippen molar-refractivity contribution in [2.45, 2.75) is 26.6 Å². The fraction of sp³-hybridized carbons (Fsp3) is 0.667. The molecular formula is C9H16O6P+. The van der Waals surface area contributed by atoms with Crippen molar-refractivity contribution in [2.24, 2.45) is 0 Å². The molecule has 0 radical (unpaired) electrons. The molecule has 0 fully saturated rings. The van der Waals surface area contributed by atoms with Gasteiger partial charge in [0.15, 0.2) is 0 Å². The first-order valence-electron chi connectivity index (χ1n) is 4.75. The van der Waals surface area contributed by atoms with E-state index >= 15 is 0 Å². The summed E-state index contributed by atoms with van der Waals surface area (Å²) >= 11 is 0. The van der Waals surface area contributed by atoms with Crippen molar-refractivity contribution in [3.05, 3.63) is 12.2 Å². The Hall–Kier alpha value is -0.810. The lowest BCUT2D eigenvalue weighted by Gasteiger charge is -2.00. The van der Waals surface area contributed by atoms with E-state index in [-0.39, 0.29) is 18.8 Å². The van der Waals surface area contributed by atoms with Crippen molar-refractivity contribution >= 4 is 14.2 Å². The van der Waals surface area contributed by atoms with Crippen LogP contribution in [-0.4, -0.2) is 30.6 Å². The summed E-state index contributed by atoms with van der Waals surface area (Å²) < 4.78 is 24.9. The van der Waals surface area contributed by atoms with E-state index in [9.17, 15) is 9.36 Å². The molecule has 92 valence electrons. The summed E-state index contributed by atoms with van der Waals surface area (Å²) in [5, 5.41) is 8.96. The quantitative estimate of drug-likeness (QED) is 0.231. The van der Waals surface area contributed by atoms with E-state index in [0.29, 0.717) is 6.42 Å². The lowest BCUT2D eigenvalue weighted by molar-refractivity contribution is -0.139. The minimum absolute atomic E-state index is 0.0433. The second-order valence-electron chi connectivity index (χ2n) is 2.94. The Labute approximate surface area is 95.1 Å². The average molecular weight is 251 g/mol. The fourth-order valence-corrected chi connectivity index (χ4v) is 1.21. The lowest BCUT2D eigenvalue weighted by Crippen LogP contribution is -2.10. The molecule has 0 saturated heterocycles. The molecule has 2 atom stereocenters. The molecule has 0 spiro atoms. The van der Waals surface area contributed by atoms with Gasteiger partial charge in [-0.1, -0.05) is 18.0 Å². The van der Waals surface area contributed by atoms with Crippen LogP contribution in [0.1, 0.15) is 20.3 Å². The van der Waals surface area contributed by atoms with Crippen molar-refractivity contribution < 1.29 is 28.3 Å². The highest BCUT2D eigenvalue weighted by Gasteiger charge is 2.24. The summed E-state index contributed by atoms with van der Waals surface area (Å²) in [6.07, 6.45) is -0.795. The molecule has 0 aromatic rings. The van der Waals surface area contributed by atoms with Crippen LogP contribution in [0, 0.1) is 0 Å². The molecule has 0 amide bonds. The van der Waals surface area contributed by atoms with Gasteiger partial charge in [0.2, 0.25) is 6.29 Å². The van der Waals surface area contributed by atoms with Crippen molar-refractivity contribution in [1.82, 2.24) is 0 Å². The number of aliphatic hydroxyl groups excluding tert-OH is 1. The highest BCUT2D eigenvalue weighted by atomic mass is 31.1. The highest BCUT2D eigenvalue weighted by molar-refractivity contribution is 7.33. The van der Waals surface area contributed by atoms with Gasteiger partial charge in [0.05, 0.1) is 0 Å². The maximum absolute atomic E-state index is 11.0. The third-order valence-electron chi connectivity index (χ3n) is 1.42. The number of ether oxygens (including phenoxy) is 1. The molecular weight excluding hydrogens is 235 g/mol. The van der Waals surface area contributed by atoms with Crippen LogP contribution in [0.4, 0.5) is 0 Å². The van der Waals surface area contributed by atoms with Gasteiger partial charge in [0.1, 0.15) is 13.2 Å². The molecule has 0 saturated carbocycles. The molecule has 0 aliphatic carbocycles. The normalized spacial score (nSPS) is 13.1. The zero-order valence-corrected chi connectivity index (χ0v) is 10.2. The molecule has 0 rings (SSSR count). The topological polar surface area (TPSA) is 82.1 Å². The van der Waals surface area contributed by atoms with Crippen molar-refractivity contribution in [2.75, 3.05) is 13.2 Å². The smallest absolute Gasteiger partial charge is 0.460 e. The first-order chi connectivity index (χ1) is 7.47. The van der Waals surface area contributed by atoms with E-state index in [0.717, 1.165) is 0 Å². The molecule has 0 bridgehead atoms. The van der Waals surface area contributed by atoms with Gasteiger partial charge >= 0.3 is 14.2 Å². The first kappa shape index (κ1) is 15.2. The average Bonchev–Trinajstić information content (AvgIpc) is 2.23. The van der Waals surface area contributed by atoms with Crippen LogP contribution in [0.3, 0.4) is 0 Å². The van der Waals surface area contributed by atoms with Gasteiger partial charge in [-0.2, -0.15) is 0 Å². The van der Waals surface area contributed by atoms with E-state index in [1.54, 1.807) is 6.92 Å². The van der Waals surface area contributed by atoms with Crippen LogP contribution in [0.2, 0.25) is 0 Å². The zero-order chi connectivity index (χ0) is 12.6. The molecule has 0 aliphatic rings. The van der Waals surface area contributed by atoms with E-state index in [2.05, 4.69) is 20.4 Å². The largest absolute Gasteiger partial charge is 0.700 e. The predicted molar refractivity (Wildman–Crippen MR) is 56.7 cm³/mol. The Morgan fingerprint density at radius 1 is 1.50 bits per heavy atom. The monoisotopic (exact) mass is 251 g/mol. The van der Waals surface area contributed by atoms with Crippen LogP contribution in [0.5, 0.6) is 0 Å². The Morgan fingerprint density at radius 2 is 2.12 bits per heavy atom. The molecule has 6 nitrogen and oxygen atoms in total. The van der Waals surface area contributed by atoms with Crippen LogP contribution in [-0.2, 0) is 23.1 Å². The number of carbonyl (C=O) groups is 1. The highest BCUT2D eigenvalue weighted by Crippen LogP contribution is 2.25. The second-order valence-corrected chi connectivity index (χ2v) is 3.86. The maximum Gasteiger partial charge on any atom is 0.700 e. The Kier molecular flexibility index (Phi) is 7.93. The van der Waals surface area contributed by atoms with Gasteiger partial charge in [0.25, 0.3) is 0 Å². The number of hydrogen-bond donors (Lipinski definition) is 1. The second kappa shape index (κ2) is 8.35. The summed E-state index contributed by atoms with van der Waals surface area (Å²) in [5.74, 6) is -0.534. The number of aliphatic hydroxyl groups is 1.